The van der Waals surface area contributed by atoms with Crippen LogP contribution in [0, 0.1) is 29.6 Å². The van der Waals surface area contributed by atoms with Crippen LogP contribution in [0.25, 0.3) is 0 Å². The highest BCUT2D eigenvalue weighted by atomic mass is 35.5. The van der Waals surface area contributed by atoms with E-state index in [-0.39, 0.29) is 5.38 Å². The molecule has 0 aromatic carbocycles. The molecule has 0 nitrogen and oxygen atoms in total. The summed E-state index contributed by atoms with van der Waals surface area (Å²) in [5, 5.41) is 0.206. The second-order valence-electron chi connectivity index (χ2n) is 6.55. The fourth-order valence-corrected chi connectivity index (χ4v) is 6.83. The van der Waals surface area contributed by atoms with Crippen LogP contribution in [-0.4, -0.2) is 0 Å². The molecule has 1 aromatic heterocycles. The van der Waals surface area contributed by atoms with Crippen LogP contribution in [0.4, 0.5) is 0 Å². The second-order valence-corrected chi connectivity index (χ2v) is 8.77. The van der Waals surface area contributed by atoms with Crippen molar-refractivity contribution < 1.29 is 0 Å². The number of halogens is 2. The third kappa shape index (κ3) is 1.85. The number of hydrogen-bond acceptors (Lipinski definition) is 1. The summed E-state index contributed by atoms with van der Waals surface area (Å²) in [5.41, 5.74) is 0. The lowest BCUT2D eigenvalue weighted by atomic mass is 9.51. The lowest BCUT2D eigenvalue weighted by Gasteiger charge is -2.55. The fraction of sp³-hybridized carbons (Fsp3) is 0.733. The highest BCUT2D eigenvalue weighted by molar-refractivity contribution is 7.16. The van der Waals surface area contributed by atoms with Crippen molar-refractivity contribution in [1.82, 2.24) is 0 Å². The Bertz CT molecular complexity index is 425. The van der Waals surface area contributed by atoms with Gasteiger partial charge >= 0.3 is 0 Å². The molecule has 1 unspecified atom stereocenters. The molecule has 1 heterocycles. The molecule has 4 aliphatic rings. The highest BCUT2D eigenvalue weighted by Gasteiger charge is 2.50. The quantitative estimate of drug-likeness (QED) is 0.610. The molecular weight excluding hydrogens is 283 g/mol. The van der Waals surface area contributed by atoms with Crippen LogP contribution in [0.1, 0.15) is 42.4 Å². The molecular formula is C15H18Cl2S. The third-order valence-corrected chi connectivity index (χ3v) is 7.47. The largest absolute Gasteiger partial charge is 0.127 e. The number of thiophene rings is 1. The standard InChI is InChI=1S/C15H18Cl2S/c16-13-2-1-12(18-13)15(17)14-10-4-8-3-9(6-10)7-11(14)5-8/h1-2,8-11,14-15H,3-7H2. The van der Waals surface area contributed by atoms with Gasteiger partial charge in [-0.3, -0.25) is 0 Å². The Kier molecular flexibility index (Phi) is 2.94. The summed E-state index contributed by atoms with van der Waals surface area (Å²) < 4.78 is 0.875. The predicted molar refractivity (Wildman–Crippen MR) is 78.5 cm³/mol. The monoisotopic (exact) mass is 300 g/mol. The molecule has 5 rings (SSSR count). The van der Waals surface area contributed by atoms with Crippen LogP contribution < -0.4 is 0 Å². The maximum atomic E-state index is 6.81. The molecule has 0 N–H and O–H groups in total. The summed E-state index contributed by atoms with van der Waals surface area (Å²) in [7, 11) is 0. The van der Waals surface area contributed by atoms with Crippen LogP contribution >= 0.6 is 34.5 Å². The average molecular weight is 301 g/mol. The zero-order chi connectivity index (χ0) is 12.3. The van der Waals surface area contributed by atoms with E-state index in [1.807, 2.05) is 6.07 Å². The van der Waals surface area contributed by atoms with Crippen molar-refractivity contribution in [2.75, 3.05) is 0 Å². The SMILES string of the molecule is Clc1ccc(C(Cl)C2C3CC4CC(C3)CC2C4)s1. The Labute approximate surface area is 123 Å². The van der Waals surface area contributed by atoms with E-state index in [4.69, 9.17) is 23.2 Å². The summed E-state index contributed by atoms with van der Waals surface area (Å²) in [5.74, 6) is 4.56. The van der Waals surface area contributed by atoms with Crippen molar-refractivity contribution in [2.45, 2.75) is 37.5 Å². The van der Waals surface area contributed by atoms with Crippen molar-refractivity contribution in [2.24, 2.45) is 29.6 Å². The molecule has 98 valence electrons. The van der Waals surface area contributed by atoms with Crippen LogP contribution in [0.3, 0.4) is 0 Å². The fourth-order valence-electron chi connectivity index (χ4n) is 5.11. The Hall–Kier alpha value is 0.280. The summed E-state index contributed by atoms with van der Waals surface area (Å²) in [6, 6.07) is 4.13. The minimum absolute atomic E-state index is 0.206. The van der Waals surface area contributed by atoms with E-state index in [2.05, 4.69) is 6.07 Å². The molecule has 1 atom stereocenters. The van der Waals surface area contributed by atoms with E-state index in [9.17, 15) is 0 Å². The average Bonchev–Trinajstić information content (AvgIpc) is 2.74. The molecule has 4 aliphatic carbocycles. The Morgan fingerprint density at radius 3 is 2.11 bits per heavy atom. The van der Waals surface area contributed by atoms with Gasteiger partial charge in [-0.1, -0.05) is 11.6 Å². The molecule has 4 fully saturated rings. The van der Waals surface area contributed by atoms with E-state index < -0.39 is 0 Å². The first kappa shape index (κ1) is 12.1. The van der Waals surface area contributed by atoms with Gasteiger partial charge < -0.3 is 0 Å². The first-order valence-corrected chi connectivity index (χ1v) is 8.73. The van der Waals surface area contributed by atoms with Crippen molar-refractivity contribution in [3.05, 3.63) is 21.3 Å². The van der Waals surface area contributed by atoms with E-state index in [0.717, 1.165) is 28.0 Å². The van der Waals surface area contributed by atoms with Crippen LogP contribution in [0.2, 0.25) is 4.34 Å². The van der Waals surface area contributed by atoms with Gasteiger partial charge in [-0.2, -0.15) is 0 Å². The lowest BCUT2D eigenvalue weighted by molar-refractivity contribution is -0.0378. The van der Waals surface area contributed by atoms with E-state index in [1.54, 1.807) is 11.3 Å². The number of alkyl halides is 1. The zero-order valence-corrected chi connectivity index (χ0v) is 12.6. The Morgan fingerprint density at radius 2 is 1.61 bits per heavy atom. The normalized spacial score (nSPS) is 43.3. The smallest absolute Gasteiger partial charge is 0.0931 e. The summed E-state index contributed by atoms with van der Waals surface area (Å²) in [4.78, 5) is 1.29. The Balaban J connectivity index is 1.61. The molecule has 3 heteroatoms. The van der Waals surface area contributed by atoms with Gasteiger partial charge in [0.2, 0.25) is 0 Å². The maximum absolute atomic E-state index is 6.81. The summed E-state index contributed by atoms with van der Waals surface area (Å²) >= 11 is 14.5. The van der Waals surface area contributed by atoms with E-state index in [1.165, 1.54) is 37.0 Å². The predicted octanol–water partition coefficient (Wildman–Crippen LogP) is 5.75. The molecule has 0 amide bonds. The Morgan fingerprint density at radius 1 is 1.00 bits per heavy atom. The number of hydrogen-bond donors (Lipinski definition) is 0. The first-order valence-electron chi connectivity index (χ1n) is 7.10. The van der Waals surface area contributed by atoms with Gasteiger partial charge in [0.1, 0.15) is 0 Å². The highest BCUT2D eigenvalue weighted by Crippen LogP contribution is 2.60. The van der Waals surface area contributed by atoms with Gasteiger partial charge in [0.15, 0.2) is 0 Å². The minimum atomic E-state index is 0.206. The molecule has 1 aromatic rings. The van der Waals surface area contributed by atoms with Crippen molar-refractivity contribution in [1.29, 1.82) is 0 Å². The van der Waals surface area contributed by atoms with Gasteiger partial charge in [-0.25, -0.2) is 0 Å². The molecule has 18 heavy (non-hydrogen) atoms. The zero-order valence-electron chi connectivity index (χ0n) is 10.3. The van der Waals surface area contributed by atoms with Gasteiger partial charge in [-0.05, 0) is 73.8 Å². The van der Waals surface area contributed by atoms with Gasteiger partial charge in [0.05, 0.1) is 9.71 Å². The second kappa shape index (κ2) is 4.40. The molecule has 0 saturated heterocycles. The third-order valence-electron chi connectivity index (χ3n) is 5.50. The molecule has 4 bridgehead atoms. The van der Waals surface area contributed by atoms with Crippen molar-refractivity contribution >= 4 is 34.5 Å². The van der Waals surface area contributed by atoms with E-state index in [0.29, 0.717) is 5.92 Å². The van der Waals surface area contributed by atoms with Crippen LogP contribution in [0.5, 0.6) is 0 Å². The lowest BCUT2D eigenvalue weighted by Crippen LogP contribution is -2.46. The van der Waals surface area contributed by atoms with Gasteiger partial charge in [0, 0.05) is 4.88 Å². The molecule has 4 saturated carbocycles. The summed E-state index contributed by atoms with van der Waals surface area (Å²) in [6.45, 7) is 0. The molecule has 0 spiro atoms. The molecule has 0 radical (unpaired) electrons. The summed E-state index contributed by atoms with van der Waals surface area (Å²) in [6.07, 6.45) is 7.29. The van der Waals surface area contributed by atoms with Crippen molar-refractivity contribution in [3.8, 4) is 0 Å². The minimum Gasteiger partial charge on any atom is -0.127 e. The molecule has 0 aliphatic heterocycles. The van der Waals surface area contributed by atoms with Crippen LogP contribution in [0.15, 0.2) is 12.1 Å². The van der Waals surface area contributed by atoms with Gasteiger partial charge in [-0.15, -0.1) is 22.9 Å². The van der Waals surface area contributed by atoms with E-state index >= 15 is 0 Å². The van der Waals surface area contributed by atoms with Crippen LogP contribution in [-0.2, 0) is 0 Å². The number of rotatable bonds is 2. The van der Waals surface area contributed by atoms with Gasteiger partial charge in [0.25, 0.3) is 0 Å². The first-order chi connectivity index (χ1) is 8.70. The topological polar surface area (TPSA) is 0 Å². The maximum Gasteiger partial charge on any atom is 0.0931 e. The van der Waals surface area contributed by atoms with Crippen molar-refractivity contribution in [3.63, 3.8) is 0 Å².